The molecule has 1 fully saturated rings. The van der Waals surface area contributed by atoms with E-state index in [9.17, 15) is 14.0 Å². The van der Waals surface area contributed by atoms with Crippen LogP contribution >= 0.6 is 0 Å². The van der Waals surface area contributed by atoms with Gasteiger partial charge in [-0.25, -0.2) is 9.07 Å². The molecule has 0 bridgehead atoms. The molecule has 6 nitrogen and oxygen atoms in total. The van der Waals surface area contributed by atoms with Gasteiger partial charge in [-0.15, -0.1) is 0 Å². The molecule has 148 valence electrons. The first-order chi connectivity index (χ1) is 13.3. The molecule has 1 amide bonds. The number of benzene rings is 1. The largest absolute Gasteiger partial charge is 0.351 e. The van der Waals surface area contributed by atoms with Gasteiger partial charge in [0.2, 0.25) is 5.91 Å². The van der Waals surface area contributed by atoms with Crippen molar-refractivity contribution in [1.29, 1.82) is 0 Å². The smallest absolute Gasteiger partial charge is 0.291 e. The molecule has 1 aliphatic carbocycles. The number of nitrogens with zero attached hydrogens (tertiary/aromatic N) is 3. The molecule has 1 aliphatic rings. The van der Waals surface area contributed by atoms with Crippen LogP contribution in [0.5, 0.6) is 0 Å². The summed E-state index contributed by atoms with van der Waals surface area (Å²) in [5.41, 5.74) is 0.753. The van der Waals surface area contributed by atoms with Crippen molar-refractivity contribution < 1.29 is 9.18 Å². The van der Waals surface area contributed by atoms with Gasteiger partial charge in [-0.2, -0.15) is 5.10 Å². The average molecular weight is 384 g/mol. The van der Waals surface area contributed by atoms with Gasteiger partial charge in [0.15, 0.2) is 0 Å². The van der Waals surface area contributed by atoms with Gasteiger partial charge in [0.05, 0.1) is 5.52 Å². The summed E-state index contributed by atoms with van der Waals surface area (Å²) in [6, 6.07) is 6.17. The predicted molar refractivity (Wildman–Crippen MR) is 106 cm³/mol. The molecule has 3 atom stereocenters. The van der Waals surface area contributed by atoms with Crippen LogP contribution in [0.1, 0.15) is 38.9 Å². The lowest BCUT2D eigenvalue weighted by molar-refractivity contribution is -0.123. The summed E-state index contributed by atoms with van der Waals surface area (Å²) >= 11 is 0. The number of amides is 1. The van der Waals surface area contributed by atoms with E-state index in [0.717, 1.165) is 18.4 Å². The number of aromatic nitrogens is 3. The fourth-order valence-electron chi connectivity index (χ4n) is 4.37. The molecule has 0 spiro atoms. The summed E-state index contributed by atoms with van der Waals surface area (Å²) < 4.78 is 16.4. The van der Waals surface area contributed by atoms with Gasteiger partial charge in [-0.1, -0.05) is 26.7 Å². The topological polar surface area (TPSA) is 68.4 Å². The maximum Gasteiger partial charge on any atom is 0.291 e. The number of carbonyl (C=O) groups is 1. The Morgan fingerprint density at radius 2 is 2.04 bits per heavy atom. The third kappa shape index (κ3) is 3.19. The number of aryl methyl sites for hydroxylation is 1. The highest BCUT2D eigenvalue weighted by molar-refractivity contribution is 5.87. The van der Waals surface area contributed by atoms with Crippen LogP contribution in [0.15, 0.2) is 29.1 Å². The molecule has 28 heavy (non-hydrogen) atoms. The highest BCUT2D eigenvalue weighted by atomic mass is 19.1. The normalized spacial score (nSPS) is 22.6. The molecule has 7 heteroatoms. The van der Waals surface area contributed by atoms with Crippen LogP contribution in [0.2, 0.25) is 0 Å². The molecule has 1 aromatic carbocycles. The summed E-state index contributed by atoms with van der Waals surface area (Å²) in [6.45, 7) is 6.03. The van der Waals surface area contributed by atoms with E-state index in [1.165, 1.54) is 23.2 Å². The van der Waals surface area contributed by atoms with Crippen LogP contribution in [0.3, 0.4) is 0 Å². The van der Waals surface area contributed by atoms with Crippen molar-refractivity contribution in [2.75, 3.05) is 0 Å². The molecule has 2 aromatic heterocycles. The summed E-state index contributed by atoms with van der Waals surface area (Å²) in [5.74, 6) is 1.00. The van der Waals surface area contributed by atoms with E-state index in [1.807, 2.05) is 0 Å². The Bertz CT molecular complexity index is 1120. The van der Waals surface area contributed by atoms with Gasteiger partial charge in [-0.05, 0) is 49.4 Å². The van der Waals surface area contributed by atoms with Crippen molar-refractivity contribution in [2.45, 2.75) is 52.6 Å². The lowest BCUT2D eigenvalue weighted by atomic mass is 9.78. The van der Waals surface area contributed by atoms with Gasteiger partial charge in [0, 0.05) is 11.4 Å². The molecule has 3 aromatic rings. The van der Waals surface area contributed by atoms with E-state index in [0.29, 0.717) is 28.6 Å². The first-order valence-electron chi connectivity index (χ1n) is 9.83. The maximum atomic E-state index is 13.5. The third-order valence-corrected chi connectivity index (χ3v) is 6.15. The molecule has 0 radical (unpaired) electrons. The van der Waals surface area contributed by atoms with Crippen molar-refractivity contribution in [3.8, 4) is 0 Å². The highest BCUT2D eigenvalue weighted by Gasteiger charge is 2.28. The van der Waals surface area contributed by atoms with E-state index in [1.54, 1.807) is 23.5 Å². The second-order valence-corrected chi connectivity index (χ2v) is 8.02. The van der Waals surface area contributed by atoms with Gasteiger partial charge in [0.25, 0.3) is 5.56 Å². The van der Waals surface area contributed by atoms with Crippen LogP contribution in [0.25, 0.3) is 16.4 Å². The molecule has 0 unspecified atom stereocenters. The summed E-state index contributed by atoms with van der Waals surface area (Å²) in [4.78, 5) is 25.5. The SMILES string of the molecule is Cc1nn(CC(=O)N[C@@H]2CCC[C@@H](C)[C@H]2C)c(=O)c2cc3cc(F)ccc3n12. The minimum Gasteiger partial charge on any atom is -0.351 e. The van der Waals surface area contributed by atoms with Crippen LogP contribution < -0.4 is 10.9 Å². The Kier molecular flexibility index (Phi) is 4.69. The zero-order valence-corrected chi connectivity index (χ0v) is 16.4. The fraction of sp³-hybridized carbons (Fsp3) is 0.476. The molecular weight excluding hydrogens is 359 g/mol. The minimum atomic E-state index is -0.359. The lowest BCUT2D eigenvalue weighted by Gasteiger charge is -2.34. The predicted octanol–water partition coefficient (Wildman–Crippen LogP) is 3.04. The van der Waals surface area contributed by atoms with E-state index in [-0.39, 0.29) is 29.9 Å². The van der Waals surface area contributed by atoms with Gasteiger partial charge < -0.3 is 5.32 Å². The summed E-state index contributed by atoms with van der Waals surface area (Å²) in [5, 5.41) is 8.04. The Hall–Kier alpha value is -2.70. The average Bonchev–Trinajstić information content (AvgIpc) is 3.02. The minimum absolute atomic E-state index is 0.121. The summed E-state index contributed by atoms with van der Waals surface area (Å²) in [7, 11) is 0. The Labute approximate surface area is 162 Å². The van der Waals surface area contributed by atoms with Crippen LogP contribution in [0, 0.1) is 24.6 Å². The number of nitrogens with one attached hydrogen (secondary N) is 1. The molecule has 1 saturated carbocycles. The maximum absolute atomic E-state index is 13.5. The zero-order chi connectivity index (χ0) is 20.0. The standard InChI is InChI=1S/C21H25FN4O2/c1-12-5-4-6-17(13(12)2)23-20(27)11-25-21(28)19-10-15-9-16(22)7-8-18(15)26(19)14(3)24-25/h7-10,12-13,17H,4-6,11H2,1-3H3,(H,23,27)/t12-,13-,17-/m1/s1. The Morgan fingerprint density at radius 3 is 2.82 bits per heavy atom. The number of fused-ring (bicyclic) bond motifs is 3. The first-order valence-corrected chi connectivity index (χ1v) is 9.83. The van der Waals surface area contributed by atoms with Crippen molar-refractivity contribution in [2.24, 2.45) is 11.8 Å². The molecule has 0 aliphatic heterocycles. The lowest BCUT2D eigenvalue weighted by Crippen LogP contribution is -2.46. The van der Waals surface area contributed by atoms with Crippen molar-refractivity contribution >= 4 is 22.3 Å². The molecule has 1 N–H and O–H groups in total. The number of halogens is 1. The van der Waals surface area contributed by atoms with Crippen LogP contribution in [0.4, 0.5) is 4.39 Å². The van der Waals surface area contributed by atoms with Crippen LogP contribution in [-0.2, 0) is 11.3 Å². The quantitative estimate of drug-likeness (QED) is 0.755. The van der Waals surface area contributed by atoms with E-state index >= 15 is 0 Å². The molecular formula is C21H25FN4O2. The number of carbonyl (C=O) groups excluding carboxylic acids is 1. The van der Waals surface area contributed by atoms with Crippen molar-refractivity contribution in [1.82, 2.24) is 19.5 Å². The van der Waals surface area contributed by atoms with Gasteiger partial charge in [0.1, 0.15) is 23.7 Å². The van der Waals surface area contributed by atoms with Crippen molar-refractivity contribution in [3.05, 3.63) is 46.3 Å². The molecule has 0 saturated heterocycles. The van der Waals surface area contributed by atoms with Crippen LogP contribution in [-0.4, -0.2) is 26.1 Å². The zero-order valence-electron chi connectivity index (χ0n) is 16.4. The summed E-state index contributed by atoms with van der Waals surface area (Å²) in [6.07, 6.45) is 3.26. The number of rotatable bonds is 3. The fourth-order valence-corrected chi connectivity index (χ4v) is 4.37. The van der Waals surface area contributed by atoms with Crippen molar-refractivity contribution in [3.63, 3.8) is 0 Å². The van der Waals surface area contributed by atoms with E-state index in [2.05, 4.69) is 24.3 Å². The van der Waals surface area contributed by atoms with Gasteiger partial charge in [-0.3, -0.25) is 14.0 Å². The van der Waals surface area contributed by atoms with E-state index < -0.39 is 0 Å². The Morgan fingerprint density at radius 1 is 1.25 bits per heavy atom. The highest BCUT2D eigenvalue weighted by Crippen LogP contribution is 2.29. The number of hydrogen-bond donors (Lipinski definition) is 1. The third-order valence-electron chi connectivity index (χ3n) is 6.15. The monoisotopic (exact) mass is 384 g/mol. The van der Waals surface area contributed by atoms with E-state index in [4.69, 9.17) is 0 Å². The Balaban J connectivity index is 1.64. The number of hydrogen-bond acceptors (Lipinski definition) is 3. The molecule has 4 rings (SSSR count). The first kappa shape index (κ1) is 18.7. The molecule has 2 heterocycles. The van der Waals surface area contributed by atoms with Gasteiger partial charge >= 0.3 is 0 Å². The second kappa shape index (κ2) is 7.04. The second-order valence-electron chi connectivity index (χ2n) is 8.02.